The van der Waals surface area contributed by atoms with Crippen LogP contribution in [0.1, 0.15) is 36.1 Å². The van der Waals surface area contributed by atoms with Crippen LogP contribution in [0.4, 0.5) is 0 Å². The number of fused-ring (bicyclic) bond motifs is 2. The van der Waals surface area contributed by atoms with Crippen LogP contribution in [0.5, 0.6) is 5.75 Å². The lowest BCUT2D eigenvalue weighted by atomic mass is 10.00. The Balaban J connectivity index is 1.34. The molecule has 0 aliphatic carbocycles. The molecule has 0 amide bonds. The van der Waals surface area contributed by atoms with Gasteiger partial charge in [-0.05, 0) is 30.5 Å². The number of benzene rings is 2. The first-order valence-electron chi connectivity index (χ1n) is 11.0. The second-order valence-corrected chi connectivity index (χ2v) is 8.00. The van der Waals surface area contributed by atoms with Crippen molar-refractivity contribution in [2.24, 2.45) is 4.99 Å². The summed E-state index contributed by atoms with van der Waals surface area (Å²) in [6, 6.07) is 16.9. The van der Waals surface area contributed by atoms with E-state index in [9.17, 15) is 5.11 Å². The van der Waals surface area contributed by atoms with E-state index in [1.807, 2.05) is 18.2 Å². The second-order valence-electron chi connectivity index (χ2n) is 8.00. The standard InChI is InChI=1S/C24H32N4O2/c1-2-25-24(27-22-12-14-30-23-10-6-5-9-21(22)23)26-15-20(29)17-28-13-11-18-7-3-4-8-19(18)16-28/h3-10,20,22,29H,2,11-17H2,1H3,(H2,25,26,27). The predicted molar refractivity (Wildman–Crippen MR) is 120 cm³/mol. The van der Waals surface area contributed by atoms with E-state index in [-0.39, 0.29) is 6.04 Å². The van der Waals surface area contributed by atoms with E-state index in [0.717, 1.165) is 49.7 Å². The van der Waals surface area contributed by atoms with Crippen LogP contribution >= 0.6 is 0 Å². The van der Waals surface area contributed by atoms with Gasteiger partial charge in [0, 0.05) is 38.2 Å². The summed E-state index contributed by atoms with van der Waals surface area (Å²) < 4.78 is 5.76. The molecule has 160 valence electrons. The molecule has 2 aliphatic rings. The zero-order chi connectivity index (χ0) is 20.8. The fourth-order valence-electron chi connectivity index (χ4n) is 4.24. The number of aliphatic hydroxyl groups is 1. The maximum absolute atomic E-state index is 10.6. The zero-order valence-corrected chi connectivity index (χ0v) is 17.7. The predicted octanol–water partition coefficient (Wildman–Crippen LogP) is 2.48. The monoisotopic (exact) mass is 408 g/mol. The number of para-hydroxylation sites is 1. The molecule has 0 saturated carbocycles. The fourth-order valence-corrected chi connectivity index (χ4v) is 4.24. The average molecular weight is 409 g/mol. The summed E-state index contributed by atoms with van der Waals surface area (Å²) in [5.41, 5.74) is 3.95. The van der Waals surface area contributed by atoms with Crippen LogP contribution in [0, 0.1) is 0 Å². The Bertz CT molecular complexity index is 870. The van der Waals surface area contributed by atoms with Crippen molar-refractivity contribution in [3.05, 3.63) is 65.2 Å². The molecule has 0 aromatic heterocycles. The van der Waals surface area contributed by atoms with Gasteiger partial charge < -0.3 is 20.5 Å². The molecule has 0 bridgehead atoms. The molecular formula is C24H32N4O2. The van der Waals surface area contributed by atoms with E-state index in [0.29, 0.717) is 19.7 Å². The third kappa shape index (κ3) is 5.12. The minimum atomic E-state index is -0.493. The molecule has 4 rings (SSSR count). The summed E-state index contributed by atoms with van der Waals surface area (Å²) in [7, 11) is 0. The Kier molecular flexibility index (Phi) is 6.87. The molecule has 2 aromatic rings. The van der Waals surface area contributed by atoms with Crippen LogP contribution in [0.25, 0.3) is 0 Å². The molecule has 0 fully saturated rings. The van der Waals surface area contributed by atoms with Gasteiger partial charge >= 0.3 is 0 Å². The maximum Gasteiger partial charge on any atom is 0.191 e. The highest BCUT2D eigenvalue weighted by atomic mass is 16.5. The molecule has 2 unspecified atom stereocenters. The maximum atomic E-state index is 10.6. The number of guanidine groups is 1. The summed E-state index contributed by atoms with van der Waals surface area (Å²) in [5, 5.41) is 17.4. The molecule has 6 heteroatoms. The van der Waals surface area contributed by atoms with Crippen LogP contribution < -0.4 is 15.4 Å². The molecule has 2 aromatic carbocycles. The lowest BCUT2D eigenvalue weighted by Gasteiger charge is -2.30. The van der Waals surface area contributed by atoms with Gasteiger partial charge in [0.1, 0.15) is 5.75 Å². The average Bonchev–Trinajstić information content (AvgIpc) is 2.78. The van der Waals surface area contributed by atoms with Crippen molar-refractivity contribution in [3.8, 4) is 5.75 Å². The number of aliphatic hydroxyl groups excluding tert-OH is 1. The van der Waals surface area contributed by atoms with Gasteiger partial charge in [0.15, 0.2) is 5.96 Å². The van der Waals surface area contributed by atoms with Crippen LogP contribution in [-0.2, 0) is 13.0 Å². The van der Waals surface area contributed by atoms with Crippen LogP contribution in [0.2, 0.25) is 0 Å². The van der Waals surface area contributed by atoms with Crippen molar-refractivity contribution in [3.63, 3.8) is 0 Å². The molecule has 30 heavy (non-hydrogen) atoms. The first kappa shape index (κ1) is 20.7. The lowest BCUT2D eigenvalue weighted by Crippen LogP contribution is -2.42. The van der Waals surface area contributed by atoms with Crippen LogP contribution in [-0.4, -0.2) is 54.9 Å². The first-order valence-corrected chi connectivity index (χ1v) is 11.0. The highest BCUT2D eigenvalue weighted by Crippen LogP contribution is 2.31. The van der Waals surface area contributed by atoms with E-state index in [2.05, 4.69) is 57.8 Å². The summed E-state index contributed by atoms with van der Waals surface area (Å²) in [6.07, 6.45) is 1.43. The van der Waals surface area contributed by atoms with Gasteiger partial charge in [-0.2, -0.15) is 0 Å². The number of hydrogen-bond donors (Lipinski definition) is 3. The second kappa shape index (κ2) is 9.96. The molecule has 2 heterocycles. The Hall–Kier alpha value is -2.57. The zero-order valence-electron chi connectivity index (χ0n) is 17.7. The number of aliphatic imine (C=N–C) groups is 1. The minimum Gasteiger partial charge on any atom is -0.493 e. The van der Waals surface area contributed by atoms with Gasteiger partial charge in [0.2, 0.25) is 0 Å². The van der Waals surface area contributed by atoms with E-state index < -0.39 is 6.10 Å². The SMILES string of the molecule is CCNC(=NCC(O)CN1CCc2ccccc2C1)NC1CCOc2ccccc21. The Morgan fingerprint density at radius 1 is 1.20 bits per heavy atom. The lowest BCUT2D eigenvalue weighted by molar-refractivity contribution is 0.111. The van der Waals surface area contributed by atoms with E-state index in [1.165, 1.54) is 11.1 Å². The van der Waals surface area contributed by atoms with Gasteiger partial charge in [0.25, 0.3) is 0 Å². The number of nitrogens with one attached hydrogen (secondary N) is 2. The molecule has 3 N–H and O–H groups in total. The summed E-state index contributed by atoms with van der Waals surface area (Å²) in [5.74, 6) is 1.67. The van der Waals surface area contributed by atoms with Crippen molar-refractivity contribution in [1.82, 2.24) is 15.5 Å². The Labute approximate surface area is 179 Å². The molecule has 6 nitrogen and oxygen atoms in total. The van der Waals surface area contributed by atoms with Gasteiger partial charge in [-0.3, -0.25) is 9.89 Å². The Morgan fingerprint density at radius 2 is 2.00 bits per heavy atom. The molecule has 0 radical (unpaired) electrons. The highest BCUT2D eigenvalue weighted by Gasteiger charge is 2.22. The van der Waals surface area contributed by atoms with Gasteiger partial charge in [-0.1, -0.05) is 42.5 Å². The third-order valence-corrected chi connectivity index (χ3v) is 5.75. The third-order valence-electron chi connectivity index (χ3n) is 5.75. The van der Waals surface area contributed by atoms with Gasteiger partial charge in [-0.15, -0.1) is 0 Å². The largest absolute Gasteiger partial charge is 0.493 e. The molecule has 0 spiro atoms. The van der Waals surface area contributed by atoms with E-state index in [1.54, 1.807) is 0 Å². The number of rotatable bonds is 6. The van der Waals surface area contributed by atoms with Crippen molar-refractivity contribution in [2.75, 3.05) is 32.8 Å². The quantitative estimate of drug-likeness (QED) is 0.506. The fraction of sp³-hybridized carbons (Fsp3) is 0.458. The smallest absolute Gasteiger partial charge is 0.191 e. The van der Waals surface area contributed by atoms with Gasteiger partial charge in [0.05, 0.1) is 25.3 Å². The summed E-state index contributed by atoms with van der Waals surface area (Å²) in [6.45, 7) is 6.40. The summed E-state index contributed by atoms with van der Waals surface area (Å²) in [4.78, 5) is 6.98. The van der Waals surface area contributed by atoms with Crippen molar-refractivity contribution in [2.45, 2.75) is 38.5 Å². The molecular weight excluding hydrogens is 376 g/mol. The highest BCUT2D eigenvalue weighted by molar-refractivity contribution is 5.80. The molecule has 2 atom stereocenters. The van der Waals surface area contributed by atoms with Crippen LogP contribution in [0.15, 0.2) is 53.5 Å². The van der Waals surface area contributed by atoms with Crippen molar-refractivity contribution in [1.29, 1.82) is 0 Å². The van der Waals surface area contributed by atoms with Crippen LogP contribution in [0.3, 0.4) is 0 Å². The number of ether oxygens (including phenoxy) is 1. The molecule has 2 aliphatic heterocycles. The molecule has 0 saturated heterocycles. The summed E-state index contributed by atoms with van der Waals surface area (Å²) >= 11 is 0. The first-order chi connectivity index (χ1) is 14.7. The Morgan fingerprint density at radius 3 is 2.87 bits per heavy atom. The van der Waals surface area contributed by atoms with E-state index >= 15 is 0 Å². The normalized spacial score (nSPS) is 19.9. The number of nitrogens with zero attached hydrogens (tertiary/aromatic N) is 2. The van der Waals surface area contributed by atoms with E-state index in [4.69, 9.17) is 4.74 Å². The number of hydrogen-bond acceptors (Lipinski definition) is 4. The van der Waals surface area contributed by atoms with Gasteiger partial charge in [-0.25, -0.2) is 0 Å². The minimum absolute atomic E-state index is 0.156. The van der Waals surface area contributed by atoms with Crippen molar-refractivity contribution >= 4 is 5.96 Å². The number of β-amino-alcohol motifs (C(OH)–C–C–N with tert-alkyl or cyclic N) is 1. The van der Waals surface area contributed by atoms with Crippen molar-refractivity contribution < 1.29 is 9.84 Å². The topological polar surface area (TPSA) is 69.1 Å².